The lowest BCUT2D eigenvalue weighted by molar-refractivity contribution is -0.140. The second-order valence-electron chi connectivity index (χ2n) is 12.1. The van der Waals surface area contributed by atoms with Crippen molar-refractivity contribution in [2.75, 3.05) is 10.8 Å². The molecule has 0 aliphatic rings. The molecule has 4 aromatic carbocycles. The topological polar surface area (TPSA) is 86.8 Å². The smallest absolute Gasteiger partial charge is 0.264 e. The van der Waals surface area contributed by atoms with Gasteiger partial charge in [0, 0.05) is 23.0 Å². The summed E-state index contributed by atoms with van der Waals surface area (Å²) in [5.41, 5.74) is 3.16. The number of hydrogen-bond acceptors (Lipinski definition) is 4. The minimum absolute atomic E-state index is 0.0727. The molecule has 0 bridgehead atoms. The van der Waals surface area contributed by atoms with Gasteiger partial charge in [0.05, 0.1) is 10.6 Å². The highest BCUT2D eigenvalue weighted by Crippen LogP contribution is 2.29. The number of anilines is 1. The second-order valence-corrected chi connectivity index (χ2v) is 14.9. The van der Waals surface area contributed by atoms with Crippen LogP contribution in [-0.2, 0) is 32.6 Å². The Morgan fingerprint density at radius 3 is 2.04 bits per heavy atom. The molecule has 0 aliphatic carbocycles. The number of nitrogens with one attached hydrogen (secondary N) is 1. The third-order valence-corrected chi connectivity index (χ3v) is 9.73. The molecule has 0 fully saturated rings. The second kappa shape index (κ2) is 14.4. The molecule has 0 aliphatic heterocycles. The molecular formula is C36H40BrN3O4S. The number of benzene rings is 4. The summed E-state index contributed by atoms with van der Waals surface area (Å²) in [6.45, 7) is 9.01. The Morgan fingerprint density at radius 2 is 1.42 bits per heavy atom. The van der Waals surface area contributed by atoms with Crippen LogP contribution in [0.3, 0.4) is 0 Å². The van der Waals surface area contributed by atoms with Gasteiger partial charge in [-0.05, 0) is 87.2 Å². The highest BCUT2D eigenvalue weighted by molar-refractivity contribution is 9.10. The van der Waals surface area contributed by atoms with E-state index < -0.39 is 34.1 Å². The van der Waals surface area contributed by atoms with Crippen LogP contribution in [0.15, 0.2) is 112 Å². The van der Waals surface area contributed by atoms with Crippen LogP contribution < -0.4 is 9.62 Å². The van der Waals surface area contributed by atoms with Gasteiger partial charge in [0.1, 0.15) is 12.6 Å². The number of nitrogens with zero attached hydrogens (tertiary/aromatic N) is 2. The van der Waals surface area contributed by atoms with E-state index in [-0.39, 0.29) is 23.8 Å². The van der Waals surface area contributed by atoms with Crippen molar-refractivity contribution in [3.63, 3.8) is 0 Å². The molecule has 2 amide bonds. The summed E-state index contributed by atoms with van der Waals surface area (Å²) < 4.78 is 30.4. The predicted molar refractivity (Wildman–Crippen MR) is 183 cm³/mol. The minimum atomic E-state index is -4.16. The molecule has 9 heteroatoms. The molecule has 1 unspecified atom stereocenters. The molecule has 4 rings (SSSR count). The molecule has 0 spiro atoms. The fourth-order valence-corrected chi connectivity index (χ4v) is 7.02. The van der Waals surface area contributed by atoms with Gasteiger partial charge < -0.3 is 10.2 Å². The lowest BCUT2D eigenvalue weighted by atomic mass is 10.0. The standard InChI is InChI=1S/C36H40BrN3O4S/c1-26-14-12-21-32(27(26)2)40(45(43,44)31-19-10-7-11-20-31)25-34(41)39(24-29-17-13-18-30(37)22-29)33(35(42)38-36(3,4)5)23-28-15-8-6-9-16-28/h6-22,33H,23-25H2,1-5H3,(H,38,42). The first-order valence-corrected chi connectivity index (χ1v) is 17.0. The van der Waals surface area contributed by atoms with Crippen LogP contribution in [-0.4, -0.2) is 43.3 Å². The Kier molecular flexibility index (Phi) is 10.9. The first-order valence-electron chi connectivity index (χ1n) is 14.8. The van der Waals surface area contributed by atoms with E-state index in [0.29, 0.717) is 5.69 Å². The van der Waals surface area contributed by atoms with E-state index >= 15 is 0 Å². The largest absolute Gasteiger partial charge is 0.350 e. The van der Waals surface area contributed by atoms with Gasteiger partial charge in [0.15, 0.2) is 0 Å². The molecule has 7 nitrogen and oxygen atoms in total. The molecule has 1 N–H and O–H groups in total. The Labute approximate surface area is 275 Å². The van der Waals surface area contributed by atoms with Crippen LogP contribution in [0.1, 0.15) is 43.0 Å². The summed E-state index contributed by atoms with van der Waals surface area (Å²) >= 11 is 3.52. The van der Waals surface area contributed by atoms with Crippen molar-refractivity contribution < 1.29 is 18.0 Å². The number of rotatable bonds is 11. The van der Waals surface area contributed by atoms with E-state index in [1.165, 1.54) is 21.3 Å². The molecule has 0 saturated heterocycles. The number of sulfonamides is 1. The summed E-state index contributed by atoms with van der Waals surface area (Å²) in [4.78, 5) is 30.2. The summed E-state index contributed by atoms with van der Waals surface area (Å²) in [6.07, 6.45) is 0.247. The lowest BCUT2D eigenvalue weighted by Crippen LogP contribution is -2.56. The van der Waals surface area contributed by atoms with Gasteiger partial charge in [-0.15, -0.1) is 0 Å². The van der Waals surface area contributed by atoms with Crippen molar-refractivity contribution in [1.29, 1.82) is 0 Å². The monoisotopic (exact) mass is 689 g/mol. The molecule has 0 heterocycles. The minimum Gasteiger partial charge on any atom is -0.350 e. The van der Waals surface area contributed by atoms with Crippen molar-refractivity contribution in [1.82, 2.24) is 10.2 Å². The molecular weight excluding hydrogens is 650 g/mol. The zero-order chi connectivity index (χ0) is 32.8. The third-order valence-electron chi connectivity index (χ3n) is 7.47. The van der Waals surface area contributed by atoms with E-state index in [0.717, 1.165) is 26.7 Å². The summed E-state index contributed by atoms with van der Waals surface area (Å²) in [6, 6.07) is 29.6. The van der Waals surface area contributed by atoms with Crippen molar-refractivity contribution in [3.05, 3.63) is 130 Å². The number of carbonyl (C=O) groups excluding carboxylic acids is 2. The highest BCUT2D eigenvalue weighted by atomic mass is 79.9. The van der Waals surface area contributed by atoms with E-state index in [9.17, 15) is 18.0 Å². The Hall–Kier alpha value is -3.95. The van der Waals surface area contributed by atoms with Crippen molar-refractivity contribution >= 4 is 43.5 Å². The van der Waals surface area contributed by atoms with Gasteiger partial charge >= 0.3 is 0 Å². The SMILES string of the molecule is Cc1cccc(N(CC(=O)N(Cc2cccc(Br)c2)C(Cc2ccccc2)C(=O)NC(C)(C)C)S(=O)(=O)c2ccccc2)c1C. The molecule has 0 radical (unpaired) electrons. The van der Waals surface area contributed by atoms with Gasteiger partial charge in [-0.3, -0.25) is 13.9 Å². The maximum absolute atomic E-state index is 14.6. The Bertz CT molecular complexity index is 1740. The average molecular weight is 691 g/mol. The average Bonchev–Trinajstić information content (AvgIpc) is 2.99. The Balaban J connectivity index is 1.84. The molecule has 1 atom stereocenters. The van der Waals surface area contributed by atoms with Crippen LogP contribution in [0.5, 0.6) is 0 Å². The highest BCUT2D eigenvalue weighted by Gasteiger charge is 2.36. The number of amides is 2. The van der Waals surface area contributed by atoms with Gasteiger partial charge in [-0.2, -0.15) is 0 Å². The number of carbonyl (C=O) groups is 2. The fourth-order valence-electron chi connectivity index (χ4n) is 5.08. The lowest BCUT2D eigenvalue weighted by Gasteiger charge is -2.35. The summed E-state index contributed by atoms with van der Waals surface area (Å²) in [7, 11) is -4.16. The van der Waals surface area contributed by atoms with Crippen LogP contribution >= 0.6 is 15.9 Å². The zero-order valence-electron chi connectivity index (χ0n) is 26.3. The number of halogens is 1. The number of hydrogen-bond donors (Lipinski definition) is 1. The van der Waals surface area contributed by atoms with E-state index in [1.54, 1.807) is 30.3 Å². The van der Waals surface area contributed by atoms with Crippen molar-refractivity contribution in [2.24, 2.45) is 0 Å². The predicted octanol–water partition coefficient (Wildman–Crippen LogP) is 6.82. The zero-order valence-corrected chi connectivity index (χ0v) is 28.7. The normalized spacial score (nSPS) is 12.3. The van der Waals surface area contributed by atoms with E-state index in [4.69, 9.17) is 0 Å². The fraction of sp³-hybridized carbons (Fsp3) is 0.278. The third kappa shape index (κ3) is 8.83. The Morgan fingerprint density at radius 1 is 0.822 bits per heavy atom. The number of aryl methyl sites for hydroxylation is 1. The van der Waals surface area contributed by atoms with Gasteiger partial charge in [-0.25, -0.2) is 8.42 Å². The van der Waals surface area contributed by atoms with Gasteiger partial charge in [0.2, 0.25) is 11.8 Å². The molecule has 236 valence electrons. The quantitative estimate of drug-likeness (QED) is 0.187. The first-order chi connectivity index (χ1) is 21.3. The van der Waals surface area contributed by atoms with Crippen LogP contribution in [0, 0.1) is 13.8 Å². The van der Waals surface area contributed by atoms with E-state index in [2.05, 4.69) is 21.2 Å². The van der Waals surface area contributed by atoms with Gasteiger partial charge in [0.25, 0.3) is 10.0 Å². The van der Waals surface area contributed by atoms with Crippen molar-refractivity contribution in [3.8, 4) is 0 Å². The molecule has 0 saturated carbocycles. The van der Waals surface area contributed by atoms with Crippen LogP contribution in [0.2, 0.25) is 0 Å². The molecule has 0 aromatic heterocycles. The van der Waals surface area contributed by atoms with E-state index in [1.807, 2.05) is 95.3 Å². The maximum atomic E-state index is 14.6. The van der Waals surface area contributed by atoms with Gasteiger partial charge in [-0.1, -0.05) is 88.7 Å². The molecule has 4 aromatic rings. The van der Waals surface area contributed by atoms with Crippen LogP contribution in [0.4, 0.5) is 5.69 Å². The summed E-state index contributed by atoms with van der Waals surface area (Å²) in [5.74, 6) is -0.820. The van der Waals surface area contributed by atoms with Crippen LogP contribution in [0.25, 0.3) is 0 Å². The molecule has 45 heavy (non-hydrogen) atoms. The summed E-state index contributed by atoms with van der Waals surface area (Å²) in [5, 5.41) is 3.06. The maximum Gasteiger partial charge on any atom is 0.264 e. The van der Waals surface area contributed by atoms with Crippen molar-refractivity contribution in [2.45, 2.75) is 64.1 Å². The first kappa shape index (κ1) is 33.9.